The zero-order chi connectivity index (χ0) is 15.4. The fraction of sp³-hybridized carbons (Fsp3) is 0.692. The first-order chi connectivity index (χ1) is 10.1. The summed E-state index contributed by atoms with van der Waals surface area (Å²) < 4.78 is 3.86. The second-order valence-corrected chi connectivity index (χ2v) is 6.46. The highest BCUT2D eigenvalue weighted by Gasteiger charge is 2.38. The minimum absolute atomic E-state index is 0.0360. The van der Waals surface area contributed by atoms with E-state index in [0.717, 1.165) is 17.2 Å². The molecule has 0 unspecified atom stereocenters. The van der Waals surface area contributed by atoms with Gasteiger partial charge >= 0.3 is 0 Å². The van der Waals surface area contributed by atoms with Gasteiger partial charge in [0.15, 0.2) is 0 Å². The van der Waals surface area contributed by atoms with Gasteiger partial charge in [-0.3, -0.25) is 9.59 Å². The lowest BCUT2D eigenvalue weighted by atomic mass is 10.2. The molecular formula is C13H20N4O2S2. The van der Waals surface area contributed by atoms with Crippen LogP contribution in [0.3, 0.4) is 0 Å². The van der Waals surface area contributed by atoms with E-state index in [9.17, 15) is 9.59 Å². The highest BCUT2D eigenvalue weighted by Crippen LogP contribution is 2.26. The van der Waals surface area contributed by atoms with Gasteiger partial charge in [0.1, 0.15) is 10.9 Å². The number of carbonyl (C=O) groups excluding carboxylic acids is 2. The summed E-state index contributed by atoms with van der Waals surface area (Å²) in [5.41, 5.74) is 0.718. The molecule has 2 amide bonds. The molecule has 2 rings (SSSR count). The summed E-state index contributed by atoms with van der Waals surface area (Å²) in [5, 5.41) is 3.98. The number of hydrogen-bond donors (Lipinski definition) is 0. The minimum atomic E-state index is -0.366. The Hall–Kier alpha value is -1.15. The van der Waals surface area contributed by atoms with Gasteiger partial charge in [-0.15, -0.1) is 16.9 Å². The average molecular weight is 328 g/mol. The molecule has 1 saturated heterocycles. The highest BCUT2D eigenvalue weighted by atomic mass is 32.2. The molecule has 0 saturated carbocycles. The molecule has 0 aliphatic carbocycles. The number of rotatable bonds is 5. The summed E-state index contributed by atoms with van der Waals surface area (Å²) in [7, 11) is 0. The zero-order valence-electron chi connectivity index (χ0n) is 12.5. The van der Waals surface area contributed by atoms with Crippen LogP contribution in [-0.2, 0) is 11.2 Å². The maximum Gasteiger partial charge on any atom is 0.268 e. The molecule has 8 heteroatoms. The van der Waals surface area contributed by atoms with Gasteiger partial charge in [0.25, 0.3) is 5.91 Å². The normalized spacial score (nSPS) is 18.0. The van der Waals surface area contributed by atoms with E-state index in [2.05, 4.69) is 9.59 Å². The Bertz CT molecular complexity index is 516. The quantitative estimate of drug-likeness (QED) is 0.819. The van der Waals surface area contributed by atoms with Gasteiger partial charge in [-0.1, -0.05) is 11.4 Å². The average Bonchev–Trinajstić information content (AvgIpc) is 3.16. The van der Waals surface area contributed by atoms with E-state index in [1.807, 2.05) is 20.8 Å². The molecule has 0 radical (unpaired) electrons. The number of amides is 2. The van der Waals surface area contributed by atoms with Crippen LogP contribution in [0.2, 0.25) is 0 Å². The lowest BCUT2D eigenvalue weighted by Crippen LogP contribution is -2.48. The fourth-order valence-electron chi connectivity index (χ4n) is 2.33. The Balaban J connectivity index is 2.18. The third-order valence-corrected chi connectivity index (χ3v) is 5.36. The van der Waals surface area contributed by atoms with Crippen LogP contribution >= 0.6 is 23.3 Å². The van der Waals surface area contributed by atoms with E-state index in [1.165, 1.54) is 0 Å². The second-order valence-electron chi connectivity index (χ2n) is 4.70. The van der Waals surface area contributed by atoms with Crippen LogP contribution in [0.25, 0.3) is 0 Å². The van der Waals surface area contributed by atoms with Gasteiger partial charge in [0, 0.05) is 18.8 Å². The van der Waals surface area contributed by atoms with Gasteiger partial charge in [0.2, 0.25) is 5.91 Å². The molecule has 1 aliphatic heterocycles. The highest BCUT2D eigenvalue weighted by molar-refractivity contribution is 7.99. The van der Waals surface area contributed by atoms with Crippen molar-refractivity contribution >= 4 is 35.1 Å². The predicted octanol–water partition coefficient (Wildman–Crippen LogP) is 1.48. The van der Waals surface area contributed by atoms with Crippen LogP contribution in [0.5, 0.6) is 0 Å². The van der Waals surface area contributed by atoms with Crippen LogP contribution in [-0.4, -0.2) is 62.0 Å². The van der Waals surface area contributed by atoms with Gasteiger partial charge in [-0.25, -0.2) is 0 Å². The molecule has 0 N–H and O–H groups in total. The molecule has 6 nitrogen and oxygen atoms in total. The number of carbonyl (C=O) groups is 2. The lowest BCUT2D eigenvalue weighted by Gasteiger charge is -2.28. The lowest BCUT2D eigenvalue weighted by molar-refractivity contribution is -0.134. The number of hydrogen-bond acceptors (Lipinski definition) is 6. The maximum atomic E-state index is 12.7. The SMILES string of the molecule is CCc1nnsc1C(=O)N1CSC[C@H]1C(=O)N(CC)CC. The summed E-state index contributed by atoms with van der Waals surface area (Å²) >= 11 is 2.73. The van der Waals surface area contributed by atoms with Crippen molar-refractivity contribution in [2.24, 2.45) is 0 Å². The molecule has 0 spiro atoms. The van der Waals surface area contributed by atoms with Crippen LogP contribution in [0, 0.1) is 0 Å². The largest absolute Gasteiger partial charge is 0.341 e. The third kappa shape index (κ3) is 3.21. The topological polar surface area (TPSA) is 66.4 Å². The van der Waals surface area contributed by atoms with Crippen LogP contribution in [0.15, 0.2) is 0 Å². The molecule has 1 aromatic heterocycles. The minimum Gasteiger partial charge on any atom is -0.341 e. The Labute approximate surface area is 133 Å². The molecule has 21 heavy (non-hydrogen) atoms. The second kappa shape index (κ2) is 7.22. The molecule has 1 aliphatic rings. The van der Waals surface area contributed by atoms with Crippen molar-refractivity contribution in [3.05, 3.63) is 10.6 Å². The summed E-state index contributed by atoms with van der Waals surface area (Å²) in [5.74, 6) is 1.14. The van der Waals surface area contributed by atoms with Crippen LogP contribution in [0.4, 0.5) is 0 Å². The first kappa shape index (κ1) is 16.2. The van der Waals surface area contributed by atoms with Crippen molar-refractivity contribution in [3.63, 3.8) is 0 Å². The van der Waals surface area contributed by atoms with E-state index < -0.39 is 0 Å². The summed E-state index contributed by atoms with van der Waals surface area (Å²) in [4.78, 5) is 29.2. The predicted molar refractivity (Wildman–Crippen MR) is 84.5 cm³/mol. The van der Waals surface area contributed by atoms with E-state index >= 15 is 0 Å². The van der Waals surface area contributed by atoms with Crippen molar-refractivity contribution in [1.82, 2.24) is 19.4 Å². The van der Waals surface area contributed by atoms with Crippen LogP contribution in [0.1, 0.15) is 36.1 Å². The Kier molecular flexibility index (Phi) is 5.58. The Morgan fingerprint density at radius 1 is 1.33 bits per heavy atom. The van der Waals surface area contributed by atoms with Crippen molar-refractivity contribution in [2.75, 3.05) is 24.7 Å². The molecule has 0 bridgehead atoms. The van der Waals surface area contributed by atoms with Gasteiger partial charge < -0.3 is 9.80 Å². The molecule has 2 heterocycles. The molecule has 1 fully saturated rings. The zero-order valence-corrected chi connectivity index (χ0v) is 14.2. The molecule has 0 aromatic carbocycles. The third-order valence-electron chi connectivity index (χ3n) is 3.59. The fourth-order valence-corrected chi connectivity index (χ4v) is 4.18. The van der Waals surface area contributed by atoms with Crippen LogP contribution < -0.4 is 0 Å². The molecule has 116 valence electrons. The summed E-state index contributed by atoms with van der Waals surface area (Å²) in [6.07, 6.45) is 0.674. The van der Waals surface area contributed by atoms with E-state index in [4.69, 9.17) is 0 Å². The molecule has 1 aromatic rings. The molecular weight excluding hydrogens is 308 g/mol. The standard InChI is InChI=1S/C13H20N4O2S2/c1-4-9-11(21-15-14-9)13(19)17-8-20-7-10(17)12(18)16(5-2)6-3/h10H,4-8H2,1-3H3/t10-/m0/s1. The first-order valence-electron chi connectivity index (χ1n) is 7.12. The smallest absolute Gasteiger partial charge is 0.268 e. The summed E-state index contributed by atoms with van der Waals surface area (Å²) in [6, 6.07) is -0.366. The Morgan fingerprint density at radius 2 is 2.05 bits per heavy atom. The Morgan fingerprint density at radius 3 is 2.67 bits per heavy atom. The number of nitrogens with zero attached hydrogens (tertiary/aromatic N) is 4. The summed E-state index contributed by atoms with van der Waals surface area (Å²) in [6.45, 7) is 7.20. The van der Waals surface area contributed by atoms with E-state index in [0.29, 0.717) is 36.0 Å². The number of likely N-dealkylation sites (N-methyl/N-ethyl adjacent to an activating group) is 1. The van der Waals surface area contributed by atoms with Crippen molar-refractivity contribution in [3.8, 4) is 0 Å². The van der Waals surface area contributed by atoms with E-state index in [1.54, 1.807) is 21.6 Å². The maximum absolute atomic E-state index is 12.7. The van der Waals surface area contributed by atoms with Crippen molar-refractivity contribution < 1.29 is 9.59 Å². The van der Waals surface area contributed by atoms with Crippen molar-refractivity contribution in [1.29, 1.82) is 0 Å². The van der Waals surface area contributed by atoms with E-state index in [-0.39, 0.29) is 17.9 Å². The number of aromatic nitrogens is 2. The molecule has 1 atom stereocenters. The van der Waals surface area contributed by atoms with Gasteiger partial charge in [-0.2, -0.15) is 0 Å². The first-order valence-corrected chi connectivity index (χ1v) is 9.05. The monoisotopic (exact) mass is 328 g/mol. The number of aryl methyl sites for hydroxylation is 1. The van der Waals surface area contributed by atoms with Gasteiger partial charge in [0.05, 0.1) is 11.6 Å². The van der Waals surface area contributed by atoms with Crippen molar-refractivity contribution in [2.45, 2.75) is 33.2 Å². The number of thioether (sulfide) groups is 1. The van der Waals surface area contributed by atoms with Gasteiger partial charge in [-0.05, 0) is 31.8 Å².